The van der Waals surface area contributed by atoms with Crippen LogP contribution >= 0.6 is 0 Å². The molecule has 0 spiro atoms. The molecule has 2 heteroatoms. The van der Waals surface area contributed by atoms with Crippen molar-refractivity contribution in [3.05, 3.63) is 0 Å². The van der Waals surface area contributed by atoms with Crippen molar-refractivity contribution in [3.63, 3.8) is 0 Å². The van der Waals surface area contributed by atoms with Gasteiger partial charge in [0.1, 0.15) is 0 Å². The van der Waals surface area contributed by atoms with Gasteiger partial charge in [-0.25, -0.2) is 0 Å². The fourth-order valence-corrected chi connectivity index (χ4v) is 3.43. The van der Waals surface area contributed by atoms with E-state index in [1.807, 2.05) is 0 Å². The highest BCUT2D eigenvalue weighted by atomic mass is 15.1. The van der Waals surface area contributed by atoms with Crippen LogP contribution in [0.1, 0.15) is 51.9 Å². The van der Waals surface area contributed by atoms with E-state index in [4.69, 9.17) is 5.73 Å². The molecule has 2 nitrogen and oxygen atoms in total. The Bertz CT molecular complexity index is 223. The van der Waals surface area contributed by atoms with E-state index in [9.17, 15) is 0 Å². The van der Waals surface area contributed by atoms with Crippen molar-refractivity contribution in [1.29, 1.82) is 0 Å². The molecule has 0 aliphatic heterocycles. The summed E-state index contributed by atoms with van der Waals surface area (Å²) in [6, 6.07) is 0.846. The Kier molecular flexibility index (Phi) is 3.91. The average Bonchev–Trinajstić information content (AvgIpc) is 2.98. The Morgan fingerprint density at radius 3 is 2.62 bits per heavy atom. The fraction of sp³-hybridized carbons (Fsp3) is 1.00. The molecule has 0 aromatic carbocycles. The van der Waals surface area contributed by atoms with Crippen LogP contribution in [-0.4, -0.2) is 31.1 Å². The molecule has 2 aliphatic rings. The van der Waals surface area contributed by atoms with Crippen molar-refractivity contribution in [2.24, 2.45) is 17.1 Å². The van der Waals surface area contributed by atoms with E-state index in [-0.39, 0.29) is 0 Å². The van der Waals surface area contributed by atoms with Gasteiger partial charge in [-0.2, -0.15) is 0 Å². The smallest absolute Gasteiger partial charge is 0.00949 e. The topological polar surface area (TPSA) is 29.3 Å². The van der Waals surface area contributed by atoms with Crippen molar-refractivity contribution in [3.8, 4) is 0 Å². The van der Waals surface area contributed by atoms with Crippen molar-refractivity contribution in [2.45, 2.75) is 57.9 Å². The molecule has 2 rings (SSSR count). The Hall–Kier alpha value is -0.0800. The third-order valence-electron chi connectivity index (χ3n) is 4.75. The molecule has 0 aromatic heterocycles. The van der Waals surface area contributed by atoms with Gasteiger partial charge in [0.2, 0.25) is 0 Å². The summed E-state index contributed by atoms with van der Waals surface area (Å²) in [5.74, 6) is 0.936. The predicted molar refractivity (Wildman–Crippen MR) is 69.4 cm³/mol. The molecule has 2 unspecified atom stereocenters. The zero-order chi connectivity index (χ0) is 11.6. The lowest BCUT2D eigenvalue weighted by Gasteiger charge is -2.36. The zero-order valence-electron chi connectivity index (χ0n) is 11.0. The highest BCUT2D eigenvalue weighted by Crippen LogP contribution is 2.49. The summed E-state index contributed by atoms with van der Waals surface area (Å²) in [5, 5.41) is 0. The normalized spacial score (nSPS) is 33.0. The predicted octanol–water partition coefficient (Wildman–Crippen LogP) is 2.63. The van der Waals surface area contributed by atoms with Crippen LogP contribution in [0.3, 0.4) is 0 Å². The lowest BCUT2D eigenvalue weighted by molar-refractivity contribution is 0.135. The van der Waals surface area contributed by atoms with Gasteiger partial charge in [-0.3, -0.25) is 0 Å². The molecule has 0 bridgehead atoms. The van der Waals surface area contributed by atoms with E-state index in [0.717, 1.165) is 18.5 Å². The first-order chi connectivity index (χ1) is 7.65. The van der Waals surface area contributed by atoms with Crippen LogP contribution in [0, 0.1) is 11.3 Å². The number of nitrogens with two attached hydrogens (primary N) is 1. The summed E-state index contributed by atoms with van der Waals surface area (Å²) in [5.41, 5.74) is 6.33. The summed E-state index contributed by atoms with van der Waals surface area (Å²) in [7, 11) is 2.33. The maximum absolute atomic E-state index is 5.71. The van der Waals surface area contributed by atoms with E-state index in [1.165, 1.54) is 51.5 Å². The molecule has 0 aromatic rings. The van der Waals surface area contributed by atoms with E-state index >= 15 is 0 Å². The van der Waals surface area contributed by atoms with Crippen LogP contribution in [0.15, 0.2) is 0 Å². The molecule has 0 heterocycles. The Morgan fingerprint density at radius 1 is 1.31 bits per heavy atom. The summed E-state index contributed by atoms with van der Waals surface area (Å²) >= 11 is 0. The van der Waals surface area contributed by atoms with Gasteiger partial charge in [-0.05, 0) is 57.0 Å². The Balaban J connectivity index is 1.80. The summed E-state index contributed by atoms with van der Waals surface area (Å²) < 4.78 is 0. The minimum atomic E-state index is 0.615. The van der Waals surface area contributed by atoms with Crippen molar-refractivity contribution >= 4 is 0 Å². The first-order valence-electron chi connectivity index (χ1n) is 7.05. The molecule has 2 saturated carbocycles. The third-order valence-corrected chi connectivity index (χ3v) is 4.75. The van der Waals surface area contributed by atoms with E-state index in [0.29, 0.717) is 5.41 Å². The lowest BCUT2D eigenvalue weighted by Crippen LogP contribution is -2.39. The van der Waals surface area contributed by atoms with Gasteiger partial charge < -0.3 is 10.6 Å². The van der Waals surface area contributed by atoms with Crippen LogP contribution < -0.4 is 5.73 Å². The van der Waals surface area contributed by atoms with Gasteiger partial charge >= 0.3 is 0 Å². The molecule has 0 amide bonds. The van der Waals surface area contributed by atoms with Crippen molar-refractivity contribution in [1.82, 2.24) is 4.90 Å². The minimum Gasteiger partial charge on any atom is -0.330 e. The second kappa shape index (κ2) is 5.05. The molecule has 16 heavy (non-hydrogen) atoms. The second-order valence-corrected chi connectivity index (χ2v) is 6.38. The lowest BCUT2D eigenvalue weighted by atomic mass is 9.86. The standard InChI is InChI=1S/C14H28N2/c1-12-4-3-5-13(10-12)16(2)11-14(6-7-14)8-9-15/h12-13H,3-11,15H2,1-2H3. The zero-order valence-corrected chi connectivity index (χ0v) is 11.0. The highest BCUT2D eigenvalue weighted by Gasteiger charge is 2.43. The maximum atomic E-state index is 5.71. The molecular weight excluding hydrogens is 196 g/mol. The van der Waals surface area contributed by atoms with Gasteiger partial charge in [0.05, 0.1) is 0 Å². The molecule has 0 saturated heterocycles. The molecule has 2 fully saturated rings. The van der Waals surface area contributed by atoms with Gasteiger partial charge in [0.15, 0.2) is 0 Å². The van der Waals surface area contributed by atoms with Gasteiger partial charge in [0.25, 0.3) is 0 Å². The number of hydrogen-bond donors (Lipinski definition) is 1. The monoisotopic (exact) mass is 224 g/mol. The minimum absolute atomic E-state index is 0.615. The fourth-order valence-electron chi connectivity index (χ4n) is 3.43. The summed E-state index contributed by atoms with van der Waals surface area (Å²) in [6.07, 6.45) is 9.76. The Morgan fingerprint density at radius 2 is 2.06 bits per heavy atom. The molecule has 2 atom stereocenters. The maximum Gasteiger partial charge on any atom is 0.00949 e. The molecule has 0 radical (unpaired) electrons. The molecule has 2 N–H and O–H groups in total. The van der Waals surface area contributed by atoms with E-state index in [2.05, 4.69) is 18.9 Å². The van der Waals surface area contributed by atoms with Crippen LogP contribution in [0.25, 0.3) is 0 Å². The van der Waals surface area contributed by atoms with Gasteiger partial charge in [-0.15, -0.1) is 0 Å². The number of hydrogen-bond acceptors (Lipinski definition) is 2. The Labute approximate surface area is 101 Å². The molecule has 94 valence electrons. The van der Waals surface area contributed by atoms with Crippen molar-refractivity contribution < 1.29 is 0 Å². The first kappa shape index (κ1) is 12.4. The largest absolute Gasteiger partial charge is 0.330 e. The SMILES string of the molecule is CC1CCCC(N(C)CC2(CCN)CC2)C1. The summed E-state index contributed by atoms with van der Waals surface area (Å²) in [4.78, 5) is 2.64. The second-order valence-electron chi connectivity index (χ2n) is 6.38. The average molecular weight is 224 g/mol. The number of nitrogens with zero attached hydrogens (tertiary/aromatic N) is 1. The third kappa shape index (κ3) is 2.98. The first-order valence-corrected chi connectivity index (χ1v) is 7.05. The van der Waals surface area contributed by atoms with Crippen LogP contribution in [0.4, 0.5) is 0 Å². The number of rotatable bonds is 5. The van der Waals surface area contributed by atoms with Crippen molar-refractivity contribution in [2.75, 3.05) is 20.1 Å². The van der Waals surface area contributed by atoms with E-state index < -0.39 is 0 Å². The van der Waals surface area contributed by atoms with Gasteiger partial charge in [0, 0.05) is 12.6 Å². The van der Waals surface area contributed by atoms with E-state index in [1.54, 1.807) is 0 Å². The quantitative estimate of drug-likeness (QED) is 0.778. The molecular formula is C14H28N2. The molecule has 2 aliphatic carbocycles. The summed E-state index contributed by atoms with van der Waals surface area (Å²) in [6.45, 7) is 4.57. The van der Waals surface area contributed by atoms with Crippen LogP contribution in [-0.2, 0) is 0 Å². The van der Waals surface area contributed by atoms with Gasteiger partial charge in [-0.1, -0.05) is 19.8 Å². The van der Waals surface area contributed by atoms with Crippen LogP contribution in [0.5, 0.6) is 0 Å². The van der Waals surface area contributed by atoms with Crippen LogP contribution in [0.2, 0.25) is 0 Å². The highest BCUT2D eigenvalue weighted by molar-refractivity contribution is 4.96.